The molecule has 1 amide bonds. The van der Waals surface area contributed by atoms with Crippen LogP contribution in [0.5, 0.6) is 0 Å². The second-order valence-electron chi connectivity index (χ2n) is 7.05. The zero-order chi connectivity index (χ0) is 20.6. The van der Waals surface area contributed by atoms with E-state index in [2.05, 4.69) is 41.8 Å². The molecule has 2 aromatic carbocycles. The van der Waals surface area contributed by atoms with E-state index in [-0.39, 0.29) is 11.5 Å². The molecule has 2 aromatic rings. The highest BCUT2D eigenvalue weighted by Crippen LogP contribution is 2.19. The van der Waals surface area contributed by atoms with Gasteiger partial charge in [0.2, 0.25) is 0 Å². The average molecular weight is 389 g/mol. The van der Waals surface area contributed by atoms with E-state index >= 15 is 0 Å². The molecule has 150 valence electrons. The summed E-state index contributed by atoms with van der Waals surface area (Å²) in [5.41, 5.74) is 3.38. The van der Waals surface area contributed by atoms with Gasteiger partial charge in [0.15, 0.2) is 0 Å². The second kappa shape index (κ2) is 9.79. The average Bonchev–Trinajstić information content (AvgIpc) is 2.79. The normalized spacial score (nSPS) is 14.4. The molecule has 1 aliphatic rings. The van der Waals surface area contributed by atoms with Gasteiger partial charge in [-0.3, -0.25) is 4.79 Å². The minimum atomic E-state index is -0.187. The van der Waals surface area contributed by atoms with Crippen LogP contribution in [0, 0.1) is 11.3 Å². The molecule has 0 unspecified atom stereocenters. The fourth-order valence-electron chi connectivity index (χ4n) is 3.66. The van der Waals surface area contributed by atoms with Crippen LogP contribution in [-0.4, -0.2) is 50.1 Å². The molecular weight excluding hydrogens is 360 g/mol. The van der Waals surface area contributed by atoms with Gasteiger partial charge in [-0.15, -0.1) is 0 Å². The van der Waals surface area contributed by atoms with Gasteiger partial charge in [0.05, 0.1) is 0 Å². The number of hydrogen-bond acceptors (Lipinski definition) is 4. The Morgan fingerprint density at radius 3 is 2.17 bits per heavy atom. The number of carbonyl (C=O) groups is 1. The molecule has 0 aromatic heterocycles. The molecule has 0 saturated carbocycles. The van der Waals surface area contributed by atoms with Crippen molar-refractivity contribution in [2.24, 2.45) is 0 Å². The summed E-state index contributed by atoms with van der Waals surface area (Å²) in [5.74, 6) is -0.187. The summed E-state index contributed by atoms with van der Waals surface area (Å²) >= 11 is 0. The summed E-state index contributed by atoms with van der Waals surface area (Å²) in [6, 6.07) is 20.3. The third kappa shape index (κ3) is 4.97. The standard InChI is InChI=1S/C24H28N4O/c1-3-26(4-2)23-12-10-20(11-13-23)18-21(19-25)24(29)28-16-14-27(15-17-28)22-8-6-5-7-9-22/h5-13,18H,3-4,14-17H2,1-2H3/b21-18+. The van der Waals surface area contributed by atoms with Crippen LogP contribution in [-0.2, 0) is 4.79 Å². The number of nitriles is 1. The lowest BCUT2D eigenvalue weighted by atomic mass is 10.1. The van der Waals surface area contributed by atoms with Gasteiger partial charge in [-0.1, -0.05) is 30.3 Å². The Hall–Kier alpha value is -3.26. The molecule has 5 heteroatoms. The number of benzene rings is 2. The van der Waals surface area contributed by atoms with Gasteiger partial charge in [0.1, 0.15) is 11.6 Å². The highest BCUT2D eigenvalue weighted by molar-refractivity contribution is 6.01. The fraction of sp³-hybridized carbons (Fsp3) is 0.333. The highest BCUT2D eigenvalue weighted by Gasteiger charge is 2.23. The molecule has 1 fully saturated rings. The third-order valence-corrected chi connectivity index (χ3v) is 5.37. The van der Waals surface area contributed by atoms with Crippen molar-refractivity contribution in [3.63, 3.8) is 0 Å². The van der Waals surface area contributed by atoms with Crippen LogP contribution < -0.4 is 9.80 Å². The molecular formula is C24H28N4O. The van der Waals surface area contributed by atoms with Gasteiger partial charge in [-0.05, 0) is 49.8 Å². The van der Waals surface area contributed by atoms with Gasteiger partial charge < -0.3 is 14.7 Å². The number of anilines is 2. The van der Waals surface area contributed by atoms with Crippen LogP contribution in [0.4, 0.5) is 11.4 Å². The predicted molar refractivity (Wildman–Crippen MR) is 119 cm³/mol. The smallest absolute Gasteiger partial charge is 0.264 e. The maximum atomic E-state index is 12.9. The molecule has 1 saturated heterocycles. The molecule has 5 nitrogen and oxygen atoms in total. The minimum absolute atomic E-state index is 0.187. The molecule has 0 spiro atoms. The van der Waals surface area contributed by atoms with Crippen molar-refractivity contribution >= 4 is 23.4 Å². The number of piperazine rings is 1. The van der Waals surface area contributed by atoms with Crippen LogP contribution in [0.3, 0.4) is 0 Å². The van der Waals surface area contributed by atoms with E-state index in [0.717, 1.165) is 37.4 Å². The van der Waals surface area contributed by atoms with E-state index in [1.165, 1.54) is 5.69 Å². The van der Waals surface area contributed by atoms with Crippen LogP contribution in [0.2, 0.25) is 0 Å². The van der Waals surface area contributed by atoms with E-state index < -0.39 is 0 Å². The number of hydrogen-bond donors (Lipinski definition) is 0. The summed E-state index contributed by atoms with van der Waals surface area (Å²) in [6.45, 7) is 8.93. The third-order valence-electron chi connectivity index (χ3n) is 5.37. The van der Waals surface area contributed by atoms with Crippen LogP contribution in [0.1, 0.15) is 19.4 Å². The first kappa shape index (κ1) is 20.5. The summed E-state index contributed by atoms with van der Waals surface area (Å²) in [4.78, 5) is 19.2. The molecule has 0 aliphatic carbocycles. The van der Waals surface area contributed by atoms with E-state index in [1.54, 1.807) is 11.0 Å². The lowest BCUT2D eigenvalue weighted by molar-refractivity contribution is -0.126. The largest absolute Gasteiger partial charge is 0.372 e. The van der Waals surface area contributed by atoms with Crippen molar-refractivity contribution in [1.82, 2.24) is 4.90 Å². The Morgan fingerprint density at radius 1 is 1.00 bits per heavy atom. The SMILES string of the molecule is CCN(CC)c1ccc(/C=C(\C#N)C(=O)N2CCN(c3ccccc3)CC2)cc1. The fourth-order valence-corrected chi connectivity index (χ4v) is 3.66. The van der Waals surface area contributed by atoms with Crippen molar-refractivity contribution in [3.05, 3.63) is 65.7 Å². The zero-order valence-corrected chi connectivity index (χ0v) is 17.2. The molecule has 29 heavy (non-hydrogen) atoms. The first-order valence-corrected chi connectivity index (χ1v) is 10.2. The van der Waals surface area contributed by atoms with Gasteiger partial charge in [-0.25, -0.2) is 0 Å². The van der Waals surface area contributed by atoms with Gasteiger partial charge in [0.25, 0.3) is 5.91 Å². The maximum absolute atomic E-state index is 12.9. The van der Waals surface area contributed by atoms with E-state index in [0.29, 0.717) is 13.1 Å². The lowest BCUT2D eigenvalue weighted by Crippen LogP contribution is -2.49. The molecule has 1 aliphatic heterocycles. The summed E-state index contributed by atoms with van der Waals surface area (Å²) in [6.07, 6.45) is 1.69. The Labute approximate surface area is 173 Å². The van der Waals surface area contributed by atoms with Crippen molar-refractivity contribution in [2.75, 3.05) is 49.1 Å². The Balaban J connectivity index is 1.65. The van der Waals surface area contributed by atoms with Gasteiger partial charge >= 0.3 is 0 Å². The zero-order valence-electron chi connectivity index (χ0n) is 17.2. The first-order chi connectivity index (χ1) is 14.2. The van der Waals surface area contributed by atoms with Crippen LogP contribution in [0.25, 0.3) is 6.08 Å². The molecule has 0 atom stereocenters. The number of nitrogens with zero attached hydrogens (tertiary/aromatic N) is 4. The molecule has 1 heterocycles. The molecule has 0 N–H and O–H groups in total. The van der Waals surface area contributed by atoms with Gasteiger partial charge in [0, 0.05) is 50.6 Å². The van der Waals surface area contributed by atoms with Crippen LogP contribution in [0.15, 0.2) is 60.2 Å². The lowest BCUT2D eigenvalue weighted by Gasteiger charge is -2.36. The Kier molecular flexibility index (Phi) is 6.91. The topological polar surface area (TPSA) is 50.6 Å². The Bertz CT molecular complexity index is 871. The van der Waals surface area contributed by atoms with Crippen molar-refractivity contribution in [1.29, 1.82) is 5.26 Å². The van der Waals surface area contributed by atoms with E-state index in [1.807, 2.05) is 42.5 Å². The van der Waals surface area contributed by atoms with E-state index in [9.17, 15) is 10.1 Å². The monoisotopic (exact) mass is 388 g/mol. The summed E-state index contributed by atoms with van der Waals surface area (Å²) < 4.78 is 0. The van der Waals surface area contributed by atoms with Gasteiger partial charge in [-0.2, -0.15) is 5.26 Å². The van der Waals surface area contributed by atoms with Crippen molar-refractivity contribution in [3.8, 4) is 6.07 Å². The molecule has 0 radical (unpaired) electrons. The first-order valence-electron chi connectivity index (χ1n) is 10.2. The maximum Gasteiger partial charge on any atom is 0.264 e. The number of amides is 1. The second-order valence-corrected chi connectivity index (χ2v) is 7.05. The number of para-hydroxylation sites is 1. The molecule has 3 rings (SSSR count). The summed E-state index contributed by atoms with van der Waals surface area (Å²) in [5, 5.41) is 9.55. The van der Waals surface area contributed by atoms with Crippen molar-refractivity contribution < 1.29 is 4.79 Å². The van der Waals surface area contributed by atoms with Crippen molar-refractivity contribution in [2.45, 2.75) is 13.8 Å². The minimum Gasteiger partial charge on any atom is -0.372 e. The highest BCUT2D eigenvalue weighted by atomic mass is 16.2. The number of rotatable bonds is 6. The molecule has 0 bridgehead atoms. The Morgan fingerprint density at radius 2 is 1.62 bits per heavy atom. The van der Waals surface area contributed by atoms with E-state index in [4.69, 9.17) is 0 Å². The number of carbonyl (C=O) groups excluding carboxylic acids is 1. The summed E-state index contributed by atoms with van der Waals surface area (Å²) in [7, 11) is 0. The predicted octanol–water partition coefficient (Wildman–Crippen LogP) is 3.79. The quantitative estimate of drug-likeness (QED) is 0.558. The van der Waals surface area contributed by atoms with Crippen LogP contribution >= 0.6 is 0 Å².